The minimum absolute atomic E-state index is 0.0888. The molecule has 2 unspecified atom stereocenters. The number of aliphatic carboxylic acids is 1. The molecule has 0 aliphatic carbocycles. The van der Waals surface area contributed by atoms with Gasteiger partial charge in [-0.25, -0.2) is 0 Å². The number of carbonyl (C=O) groups is 1. The van der Waals surface area contributed by atoms with E-state index >= 15 is 0 Å². The number of ether oxygens (including phenoxy) is 3. The number of aliphatic hydroxyl groups excluding tert-OH is 1. The zero-order valence-electron chi connectivity index (χ0n) is 29.1. The van der Waals surface area contributed by atoms with Crippen molar-refractivity contribution < 1.29 is 29.2 Å². The lowest BCUT2D eigenvalue weighted by Gasteiger charge is -2.33. The number of carboxylic acids is 1. The molecule has 0 bridgehead atoms. The highest BCUT2D eigenvalue weighted by atomic mass is 35.5. The minimum Gasteiger partial charge on any atom is -0.492 e. The SMILES string of the molecule is N#Cc1cncc(COc2cc(OCc3cccc(-c4cccc(OCCCN5CCC(O)C5)c4Cl)c3Cl)c(Cl)cc2CN2CCCCC2C(=O)O)c1. The van der Waals surface area contributed by atoms with Gasteiger partial charge in [-0.3, -0.25) is 14.7 Å². The lowest BCUT2D eigenvalue weighted by molar-refractivity contribution is -0.144. The first-order valence-corrected chi connectivity index (χ1v) is 18.8. The summed E-state index contributed by atoms with van der Waals surface area (Å²) < 4.78 is 18.6. The number of aromatic nitrogens is 1. The topological polar surface area (TPSA) is 128 Å². The molecule has 3 heterocycles. The van der Waals surface area contributed by atoms with Crippen molar-refractivity contribution in [1.82, 2.24) is 14.8 Å². The van der Waals surface area contributed by atoms with Gasteiger partial charge in [0.15, 0.2) is 0 Å². The number of halogens is 3. The number of benzene rings is 3. The molecule has 53 heavy (non-hydrogen) atoms. The van der Waals surface area contributed by atoms with E-state index in [1.807, 2.05) is 41.3 Å². The highest BCUT2D eigenvalue weighted by Crippen LogP contribution is 2.41. The maximum absolute atomic E-state index is 12.0. The molecule has 4 aromatic rings. The predicted octanol–water partition coefficient (Wildman–Crippen LogP) is 8.01. The molecule has 2 aliphatic heterocycles. The summed E-state index contributed by atoms with van der Waals surface area (Å²) in [6.07, 6.45) is 6.81. The van der Waals surface area contributed by atoms with Gasteiger partial charge in [-0.1, -0.05) is 71.6 Å². The Morgan fingerprint density at radius 1 is 0.887 bits per heavy atom. The molecule has 13 heteroatoms. The van der Waals surface area contributed by atoms with Crippen LogP contribution in [0.4, 0.5) is 0 Å². The maximum atomic E-state index is 12.0. The van der Waals surface area contributed by atoms with Crippen molar-refractivity contribution in [2.45, 2.75) is 64.0 Å². The smallest absolute Gasteiger partial charge is 0.320 e. The van der Waals surface area contributed by atoms with Crippen LogP contribution in [-0.4, -0.2) is 75.9 Å². The average molecular weight is 780 g/mol. The average Bonchev–Trinajstić information content (AvgIpc) is 3.58. The van der Waals surface area contributed by atoms with Gasteiger partial charge in [-0.05, 0) is 50.4 Å². The number of β-amino-alcohol motifs (C(OH)–C–C–N with tert-alkyl or cyclic N) is 1. The number of likely N-dealkylation sites (tertiary alicyclic amines) is 2. The number of nitriles is 1. The molecule has 0 saturated carbocycles. The molecule has 0 radical (unpaired) electrons. The van der Waals surface area contributed by atoms with Crippen molar-refractivity contribution in [3.8, 4) is 34.4 Å². The fourth-order valence-corrected chi connectivity index (χ4v) is 7.59. The van der Waals surface area contributed by atoms with Crippen molar-refractivity contribution in [3.63, 3.8) is 0 Å². The Morgan fingerprint density at radius 2 is 1.68 bits per heavy atom. The number of hydrogen-bond donors (Lipinski definition) is 2. The maximum Gasteiger partial charge on any atom is 0.320 e. The van der Waals surface area contributed by atoms with E-state index in [1.165, 1.54) is 6.20 Å². The first kappa shape index (κ1) is 38.6. The third-order valence-corrected chi connectivity index (χ3v) is 10.7. The molecular weight excluding hydrogens is 739 g/mol. The van der Waals surface area contributed by atoms with E-state index in [2.05, 4.69) is 16.0 Å². The predicted molar refractivity (Wildman–Crippen MR) is 204 cm³/mol. The Hall–Kier alpha value is -4.08. The molecule has 0 spiro atoms. The van der Waals surface area contributed by atoms with E-state index in [9.17, 15) is 20.3 Å². The van der Waals surface area contributed by atoms with Crippen molar-refractivity contribution in [3.05, 3.63) is 104 Å². The lowest BCUT2D eigenvalue weighted by Crippen LogP contribution is -2.44. The molecule has 3 aromatic carbocycles. The molecular formula is C40H41Cl3N4O6. The summed E-state index contributed by atoms with van der Waals surface area (Å²) in [4.78, 5) is 20.3. The van der Waals surface area contributed by atoms with Gasteiger partial charge in [0, 0.05) is 72.5 Å². The summed E-state index contributed by atoms with van der Waals surface area (Å²) in [5, 5.41) is 30.2. The van der Waals surface area contributed by atoms with Crippen molar-refractivity contribution in [2.75, 3.05) is 32.8 Å². The summed E-state index contributed by atoms with van der Waals surface area (Å²) in [7, 11) is 0. The standard InChI is InChI=1S/C40H41Cl3N4O6/c41-33-17-29(22-47-13-2-1-9-34(47)40(49)50)36(52-24-27-16-26(19-44)20-45-21-27)18-37(33)53-25-28-6-3-7-31(38(28)42)32-8-4-10-35(39(32)43)51-15-5-12-46-14-11-30(48)23-46/h3-4,6-8,10,16-18,20-21,30,34,48H,1-2,5,9,11-15,22-25H2,(H,49,50). The number of nitrogens with zero attached hydrogens (tertiary/aromatic N) is 4. The number of rotatable bonds is 15. The number of carboxylic acid groups (broad SMARTS) is 1. The van der Waals surface area contributed by atoms with Gasteiger partial charge in [0.05, 0.1) is 33.3 Å². The Balaban J connectivity index is 1.18. The van der Waals surface area contributed by atoms with Gasteiger partial charge < -0.3 is 29.3 Å². The first-order chi connectivity index (χ1) is 25.7. The van der Waals surface area contributed by atoms with Crippen molar-refractivity contribution in [1.29, 1.82) is 5.26 Å². The van der Waals surface area contributed by atoms with Gasteiger partial charge >= 0.3 is 5.97 Å². The Morgan fingerprint density at radius 3 is 2.45 bits per heavy atom. The van der Waals surface area contributed by atoms with Crippen molar-refractivity contribution >= 4 is 40.8 Å². The van der Waals surface area contributed by atoms with Crippen LogP contribution in [-0.2, 0) is 24.6 Å². The van der Waals surface area contributed by atoms with Gasteiger partial charge in [0.2, 0.25) is 0 Å². The summed E-state index contributed by atoms with van der Waals surface area (Å²) in [6.45, 7) is 4.11. The van der Waals surface area contributed by atoms with Crippen LogP contribution in [0.1, 0.15) is 54.4 Å². The van der Waals surface area contributed by atoms with Crippen LogP contribution >= 0.6 is 34.8 Å². The number of aliphatic hydroxyl groups is 1. The summed E-state index contributed by atoms with van der Waals surface area (Å²) >= 11 is 20.6. The molecule has 2 atom stereocenters. The molecule has 278 valence electrons. The number of hydrogen-bond acceptors (Lipinski definition) is 9. The first-order valence-electron chi connectivity index (χ1n) is 17.7. The molecule has 2 aliphatic rings. The highest BCUT2D eigenvalue weighted by molar-refractivity contribution is 6.37. The molecule has 2 N–H and O–H groups in total. The third kappa shape index (κ3) is 9.92. The van der Waals surface area contributed by atoms with E-state index in [0.29, 0.717) is 87.2 Å². The number of pyridine rings is 1. The van der Waals surface area contributed by atoms with Gasteiger partial charge in [-0.2, -0.15) is 5.26 Å². The monoisotopic (exact) mass is 778 g/mol. The molecule has 0 amide bonds. The van der Waals surface area contributed by atoms with Crippen LogP contribution in [0.25, 0.3) is 11.1 Å². The van der Waals surface area contributed by atoms with Crippen LogP contribution < -0.4 is 14.2 Å². The third-order valence-electron chi connectivity index (χ3n) is 9.54. The van der Waals surface area contributed by atoms with Crippen LogP contribution in [0, 0.1) is 11.3 Å². The van der Waals surface area contributed by atoms with Crippen LogP contribution in [0.3, 0.4) is 0 Å². The second-order valence-corrected chi connectivity index (χ2v) is 14.5. The van der Waals surface area contributed by atoms with Gasteiger partial charge in [-0.15, -0.1) is 0 Å². The summed E-state index contributed by atoms with van der Waals surface area (Å²) in [6, 6.07) is 17.9. The Bertz CT molecular complexity index is 1960. The fourth-order valence-electron chi connectivity index (χ4n) is 6.78. The molecule has 10 nitrogen and oxygen atoms in total. The zero-order valence-corrected chi connectivity index (χ0v) is 31.4. The zero-order chi connectivity index (χ0) is 37.3. The summed E-state index contributed by atoms with van der Waals surface area (Å²) in [5.41, 5.74) is 3.99. The van der Waals surface area contributed by atoms with E-state index in [0.717, 1.165) is 49.9 Å². The van der Waals surface area contributed by atoms with Crippen LogP contribution in [0.5, 0.6) is 17.2 Å². The molecule has 2 saturated heterocycles. The highest BCUT2D eigenvalue weighted by Gasteiger charge is 2.29. The van der Waals surface area contributed by atoms with E-state index < -0.39 is 12.0 Å². The Kier molecular flexibility index (Phi) is 13.3. The van der Waals surface area contributed by atoms with Crippen LogP contribution in [0.15, 0.2) is 67.0 Å². The minimum atomic E-state index is -0.854. The largest absolute Gasteiger partial charge is 0.492 e. The molecule has 2 fully saturated rings. The summed E-state index contributed by atoms with van der Waals surface area (Å²) in [5.74, 6) is 0.550. The van der Waals surface area contributed by atoms with E-state index in [-0.39, 0.29) is 19.3 Å². The second-order valence-electron chi connectivity index (χ2n) is 13.3. The quantitative estimate of drug-likeness (QED) is 0.115. The normalized spacial score (nSPS) is 17.7. The second kappa shape index (κ2) is 18.3. The van der Waals surface area contributed by atoms with Gasteiger partial charge in [0.1, 0.15) is 42.6 Å². The van der Waals surface area contributed by atoms with E-state index in [4.69, 9.17) is 49.0 Å². The van der Waals surface area contributed by atoms with Crippen molar-refractivity contribution in [2.24, 2.45) is 0 Å². The van der Waals surface area contributed by atoms with Crippen LogP contribution in [0.2, 0.25) is 15.1 Å². The molecule has 1 aromatic heterocycles. The number of piperidine rings is 1. The van der Waals surface area contributed by atoms with Gasteiger partial charge in [0.25, 0.3) is 0 Å². The molecule has 6 rings (SSSR count). The van der Waals surface area contributed by atoms with E-state index in [1.54, 1.807) is 24.4 Å². The lowest BCUT2D eigenvalue weighted by atomic mass is 10.0. The fraction of sp³-hybridized carbons (Fsp3) is 0.375. The Labute approximate surface area is 324 Å².